The van der Waals surface area contributed by atoms with E-state index in [0.29, 0.717) is 11.8 Å². The standard InChI is InChI=1S/C21H28N10O/c1-28-6-8-30(9-7-28)18-14-19(24-15-23-18)31-20(22)26-21(27-31)25-16-2-4-17(5-3-16)29-10-12-32-13-11-29/h2-5,14-15H,6-13H2,1H3,(H3,22,25,26,27). The zero-order valence-electron chi connectivity index (χ0n) is 18.2. The molecule has 168 valence electrons. The van der Waals surface area contributed by atoms with Crippen LogP contribution in [0.25, 0.3) is 5.82 Å². The quantitative estimate of drug-likeness (QED) is 0.600. The number of anilines is 5. The van der Waals surface area contributed by atoms with Crippen molar-refractivity contribution >= 4 is 29.1 Å². The van der Waals surface area contributed by atoms with Gasteiger partial charge in [-0.1, -0.05) is 0 Å². The van der Waals surface area contributed by atoms with Crippen LogP contribution in [0, 0.1) is 0 Å². The second kappa shape index (κ2) is 8.97. The molecule has 2 fully saturated rings. The maximum atomic E-state index is 6.15. The van der Waals surface area contributed by atoms with E-state index in [9.17, 15) is 0 Å². The van der Waals surface area contributed by atoms with Gasteiger partial charge in [-0.2, -0.15) is 9.67 Å². The topological polar surface area (TPSA) is 113 Å². The van der Waals surface area contributed by atoms with E-state index < -0.39 is 0 Å². The van der Waals surface area contributed by atoms with Crippen molar-refractivity contribution in [1.82, 2.24) is 29.6 Å². The lowest BCUT2D eigenvalue weighted by atomic mass is 10.2. The molecule has 11 nitrogen and oxygen atoms in total. The Morgan fingerprint density at radius 1 is 0.906 bits per heavy atom. The zero-order valence-corrected chi connectivity index (χ0v) is 18.2. The maximum absolute atomic E-state index is 6.15. The van der Waals surface area contributed by atoms with Crippen LogP contribution in [0.15, 0.2) is 36.7 Å². The van der Waals surface area contributed by atoms with Crippen molar-refractivity contribution in [3.05, 3.63) is 36.7 Å². The Bertz CT molecular complexity index is 1040. The molecule has 2 saturated heterocycles. The third-order valence-electron chi connectivity index (χ3n) is 5.81. The maximum Gasteiger partial charge on any atom is 0.248 e. The molecule has 1 aromatic carbocycles. The summed E-state index contributed by atoms with van der Waals surface area (Å²) in [6.07, 6.45) is 1.54. The van der Waals surface area contributed by atoms with E-state index in [1.165, 1.54) is 10.4 Å². The molecular formula is C21H28N10O. The lowest BCUT2D eigenvalue weighted by Crippen LogP contribution is -2.44. The number of nitrogen functional groups attached to an aromatic ring is 1. The second-order valence-electron chi connectivity index (χ2n) is 8.00. The molecule has 0 amide bonds. The molecule has 3 N–H and O–H groups in total. The summed E-state index contributed by atoms with van der Waals surface area (Å²) >= 11 is 0. The van der Waals surface area contributed by atoms with Crippen LogP contribution in [-0.4, -0.2) is 89.2 Å². The van der Waals surface area contributed by atoms with Crippen LogP contribution in [0.5, 0.6) is 0 Å². The summed E-state index contributed by atoms with van der Waals surface area (Å²) in [6.45, 7) is 7.20. The number of hydrogen-bond donors (Lipinski definition) is 2. The van der Waals surface area contributed by atoms with Gasteiger partial charge in [0, 0.05) is 56.7 Å². The summed E-state index contributed by atoms with van der Waals surface area (Å²) in [6, 6.07) is 10.1. The van der Waals surface area contributed by atoms with E-state index in [-0.39, 0.29) is 5.95 Å². The zero-order chi connectivity index (χ0) is 21.9. The molecule has 11 heteroatoms. The van der Waals surface area contributed by atoms with Crippen LogP contribution in [0.1, 0.15) is 0 Å². The molecule has 2 aliphatic rings. The fourth-order valence-corrected chi connectivity index (χ4v) is 3.91. The minimum Gasteiger partial charge on any atom is -0.378 e. The fraction of sp³-hybridized carbons (Fsp3) is 0.429. The minimum absolute atomic E-state index is 0.264. The van der Waals surface area contributed by atoms with Crippen molar-refractivity contribution < 1.29 is 4.74 Å². The highest BCUT2D eigenvalue weighted by molar-refractivity contribution is 5.60. The molecule has 32 heavy (non-hydrogen) atoms. The van der Waals surface area contributed by atoms with E-state index in [2.05, 4.69) is 59.2 Å². The Kier molecular flexibility index (Phi) is 5.73. The molecule has 0 unspecified atom stereocenters. The highest BCUT2D eigenvalue weighted by Crippen LogP contribution is 2.22. The Labute approximate surface area is 186 Å². The van der Waals surface area contributed by atoms with Crippen LogP contribution in [0.2, 0.25) is 0 Å². The van der Waals surface area contributed by atoms with E-state index in [1.54, 1.807) is 6.33 Å². The highest BCUT2D eigenvalue weighted by Gasteiger charge is 2.18. The van der Waals surface area contributed by atoms with Crippen LogP contribution >= 0.6 is 0 Å². The van der Waals surface area contributed by atoms with Crippen molar-refractivity contribution in [3.63, 3.8) is 0 Å². The number of nitrogens with one attached hydrogen (secondary N) is 1. The van der Waals surface area contributed by atoms with Gasteiger partial charge in [-0.25, -0.2) is 9.97 Å². The average molecular weight is 437 g/mol. The number of rotatable bonds is 5. The van der Waals surface area contributed by atoms with Gasteiger partial charge >= 0.3 is 0 Å². The van der Waals surface area contributed by atoms with Gasteiger partial charge in [0.1, 0.15) is 12.1 Å². The molecule has 5 rings (SSSR count). The molecule has 0 saturated carbocycles. The largest absolute Gasteiger partial charge is 0.378 e. The fourth-order valence-electron chi connectivity index (χ4n) is 3.91. The Morgan fingerprint density at radius 2 is 1.62 bits per heavy atom. The first kappa shape index (κ1) is 20.5. The number of piperazine rings is 1. The highest BCUT2D eigenvalue weighted by atomic mass is 16.5. The van der Waals surface area contributed by atoms with Crippen LogP contribution in [-0.2, 0) is 4.74 Å². The molecule has 3 aromatic rings. The van der Waals surface area contributed by atoms with Crippen molar-refractivity contribution in [2.24, 2.45) is 0 Å². The molecule has 0 radical (unpaired) electrons. The van der Waals surface area contributed by atoms with Crippen LogP contribution in [0.4, 0.5) is 29.1 Å². The molecule has 0 atom stereocenters. The second-order valence-corrected chi connectivity index (χ2v) is 8.00. The van der Waals surface area contributed by atoms with Gasteiger partial charge in [0.15, 0.2) is 5.82 Å². The van der Waals surface area contributed by atoms with Crippen molar-refractivity contribution in [2.45, 2.75) is 0 Å². The van der Waals surface area contributed by atoms with Gasteiger partial charge in [0.25, 0.3) is 0 Å². The van der Waals surface area contributed by atoms with E-state index in [4.69, 9.17) is 10.5 Å². The third-order valence-corrected chi connectivity index (χ3v) is 5.81. The lowest BCUT2D eigenvalue weighted by Gasteiger charge is -2.33. The summed E-state index contributed by atoms with van der Waals surface area (Å²) < 4.78 is 6.96. The van der Waals surface area contributed by atoms with Gasteiger partial charge in [0.05, 0.1) is 13.2 Å². The SMILES string of the molecule is CN1CCN(c2cc(-n3nc(Nc4ccc(N5CCOCC5)cc4)nc3N)ncn2)CC1. The molecule has 2 aromatic heterocycles. The van der Waals surface area contributed by atoms with Crippen molar-refractivity contribution in [3.8, 4) is 5.82 Å². The van der Waals surface area contributed by atoms with E-state index in [1.807, 2.05) is 18.2 Å². The van der Waals surface area contributed by atoms with Crippen molar-refractivity contribution in [1.29, 1.82) is 0 Å². The van der Waals surface area contributed by atoms with Crippen LogP contribution < -0.4 is 20.9 Å². The Balaban J connectivity index is 1.29. The number of ether oxygens (including phenoxy) is 1. The average Bonchev–Trinajstić information content (AvgIpc) is 3.20. The Hall–Kier alpha value is -3.44. The number of aromatic nitrogens is 5. The van der Waals surface area contributed by atoms with Crippen LogP contribution in [0.3, 0.4) is 0 Å². The first-order valence-corrected chi connectivity index (χ1v) is 10.8. The van der Waals surface area contributed by atoms with Gasteiger partial charge in [-0.05, 0) is 31.3 Å². The molecular weight excluding hydrogens is 408 g/mol. The van der Waals surface area contributed by atoms with Gasteiger partial charge < -0.3 is 30.5 Å². The third kappa shape index (κ3) is 4.43. The summed E-state index contributed by atoms with van der Waals surface area (Å²) in [5.74, 6) is 2.14. The van der Waals surface area contributed by atoms with Crippen molar-refractivity contribution in [2.75, 3.05) is 80.4 Å². The molecule has 2 aliphatic heterocycles. The summed E-state index contributed by atoms with van der Waals surface area (Å²) in [4.78, 5) is 20.0. The summed E-state index contributed by atoms with van der Waals surface area (Å²) in [5, 5.41) is 7.73. The van der Waals surface area contributed by atoms with Gasteiger partial charge in [-0.3, -0.25) is 0 Å². The number of nitrogens with zero attached hydrogens (tertiary/aromatic N) is 8. The monoisotopic (exact) mass is 436 g/mol. The predicted molar refractivity (Wildman–Crippen MR) is 124 cm³/mol. The first-order chi connectivity index (χ1) is 15.7. The predicted octanol–water partition coefficient (Wildman–Crippen LogP) is 0.972. The van der Waals surface area contributed by atoms with Gasteiger partial charge in [-0.15, -0.1) is 5.10 Å². The summed E-state index contributed by atoms with van der Waals surface area (Å²) in [5.41, 5.74) is 8.21. The number of nitrogens with two attached hydrogens (primary N) is 1. The molecule has 0 aliphatic carbocycles. The van der Waals surface area contributed by atoms with Gasteiger partial charge in [0.2, 0.25) is 11.9 Å². The Morgan fingerprint density at radius 3 is 2.38 bits per heavy atom. The molecule has 0 spiro atoms. The lowest BCUT2D eigenvalue weighted by molar-refractivity contribution is 0.122. The number of likely N-dealkylation sites (N-methyl/N-ethyl adjacent to an activating group) is 1. The summed E-state index contributed by atoms with van der Waals surface area (Å²) in [7, 11) is 2.13. The first-order valence-electron chi connectivity index (χ1n) is 10.8. The normalized spacial score (nSPS) is 17.5. The van der Waals surface area contributed by atoms with E-state index in [0.717, 1.165) is 64.0 Å². The smallest absolute Gasteiger partial charge is 0.248 e. The molecule has 4 heterocycles. The van der Waals surface area contributed by atoms with E-state index >= 15 is 0 Å². The molecule has 0 bridgehead atoms. The minimum atomic E-state index is 0.264. The number of hydrogen-bond acceptors (Lipinski definition) is 10. The number of benzene rings is 1. The number of morpholine rings is 1.